The number of nitrogens with one attached hydrogen (secondary N) is 2. The second-order valence-electron chi connectivity index (χ2n) is 6.03. The van der Waals surface area contributed by atoms with Crippen LogP contribution in [0.25, 0.3) is 6.08 Å². The van der Waals surface area contributed by atoms with Gasteiger partial charge in [0.05, 0.1) is 12.2 Å². The number of amides is 2. The highest BCUT2D eigenvalue weighted by molar-refractivity contribution is 6.31. The minimum absolute atomic E-state index is 0.232. The molecule has 1 heterocycles. The highest BCUT2D eigenvalue weighted by atomic mass is 35.5. The molecule has 2 aromatic rings. The molecular weight excluding hydrogens is 387 g/mol. The fraction of sp³-hybridized carbons (Fsp3) is 0.316. The molecular formula is C19H22Cl2N4O2. The van der Waals surface area contributed by atoms with Gasteiger partial charge in [-0.05, 0) is 44.5 Å². The number of carbonyl (C=O) groups is 2. The van der Waals surface area contributed by atoms with Crippen LogP contribution in [0.5, 0.6) is 0 Å². The highest BCUT2D eigenvalue weighted by Crippen LogP contribution is 2.22. The minimum atomic E-state index is -0.619. The van der Waals surface area contributed by atoms with E-state index < -0.39 is 6.04 Å². The van der Waals surface area contributed by atoms with Crippen molar-refractivity contribution < 1.29 is 9.59 Å². The van der Waals surface area contributed by atoms with Crippen molar-refractivity contribution in [3.8, 4) is 0 Å². The summed E-state index contributed by atoms with van der Waals surface area (Å²) >= 11 is 12.3. The monoisotopic (exact) mass is 408 g/mol. The molecule has 0 saturated carbocycles. The number of rotatable bonds is 7. The fourth-order valence-corrected chi connectivity index (χ4v) is 2.86. The van der Waals surface area contributed by atoms with Gasteiger partial charge >= 0.3 is 0 Å². The molecule has 2 N–H and O–H groups in total. The first-order valence-corrected chi connectivity index (χ1v) is 9.31. The van der Waals surface area contributed by atoms with Crippen LogP contribution < -0.4 is 10.6 Å². The third-order valence-electron chi connectivity index (χ3n) is 3.86. The van der Waals surface area contributed by atoms with E-state index in [4.69, 9.17) is 23.2 Å². The van der Waals surface area contributed by atoms with Gasteiger partial charge in [0, 0.05) is 23.2 Å². The SMILES string of the molecule is CCNC(=O)[C@@H](C)NC(=O)/C=C/c1c(C)nn(Cc2ccc(Cl)cc2)c1Cl. The molecule has 8 heteroatoms. The van der Waals surface area contributed by atoms with Gasteiger partial charge in [0.25, 0.3) is 0 Å². The van der Waals surface area contributed by atoms with E-state index >= 15 is 0 Å². The summed E-state index contributed by atoms with van der Waals surface area (Å²) < 4.78 is 1.66. The molecule has 0 aliphatic heterocycles. The number of halogens is 2. The molecule has 0 unspecified atom stereocenters. The molecule has 2 rings (SSSR count). The standard InChI is InChI=1S/C19H22Cl2N4O2/c1-4-22-19(27)13(3)23-17(26)10-9-16-12(2)24-25(18(16)21)11-14-5-7-15(20)8-6-14/h5-10,13H,4,11H2,1-3H3,(H,22,27)(H,23,26)/b10-9+/t13-/m1/s1. The Balaban J connectivity index is 2.07. The number of likely N-dealkylation sites (N-methyl/N-ethyl adjacent to an activating group) is 1. The molecule has 0 saturated heterocycles. The largest absolute Gasteiger partial charge is 0.355 e. The molecule has 144 valence electrons. The average molecular weight is 409 g/mol. The fourth-order valence-electron chi connectivity index (χ4n) is 2.44. The third-order valence-corrected chi connectivity index (χ3v) is 4.51. The lowest BCUT2D eigenvalue weighted by Gasteiger charge is -2.11. The van der Waals surface area contributed by atoms with E-state index in [2.05, 4.69) is 15.7 Å². The maximum absolute atomic E-state index is 12.0. The van der Waals surface area contributed by atoms with Crippen LogP contribution in [0.3, 0.4) is 0 Å². The Morgan fingerprint density at radius 1 is 1.26 bits per heavy atom. The maximum atomic E-state index is 12.0. The van der Waals surface area contributed by atoms with Crippen LogP contribution in [-0.2, 0) is 16.1 Å². The lowest BCUT2D eigenvalue weighted by atomic mass is 10.2. The first-order chi connectivity index (χ1) is 12.8. The molecule has 6 nitrogen and oxygen atoms in total. The average Bonchev–Trinajstić information content (AvgIpc) is 2.88. The number of carbonyl (C=O) groups excluding carboxylic acids is 2. The molecule has 0 radical (unpaired) electrons. The summed E-state index contributed by atoms with van der Waals surface area (Å²) in [6.07, 6.45) is 2.95. The number of aromatic nitrogens is 2. The summed E-state index contributed by atoms with van der Waals surface area (Å²) in [4.78, 5) is 23.7. The number of hydrogen-bond donors (Lipinski definition) is 2. The topological polar surface area (TPSA) is 76.0 Å². The van der Waals surface area contributed by atoms with Crippen molar-refractivity contribution >= 4 is 41.1 Å². The predicted molar refractivity (Wildman–Crippen MR) is 108 cm³/mol. The maximum Gasteiger partial charge on any atom is 0.244 e. The van der Waals surface area contributed by atoms with E-state index in [9.17, 15) is 9.59 Å². The number of nitrogens with zero attached hydrogens (tertiary/aromatic N) is 2. The molecule has 2 amide bonds. The van der Waals surface area contributed by atoms with Gasteiger partial charge in [-0.3, -0.25) is 9.59 Å². The van der Waals surface area contributed by atoms with E-state index in [1.807, 2.05) is 38.1 Å². The van der Waals surface area contributed by atoms with Gasteiger partial charge in [0.1, 0.15) is 11.2 Å². The normalized spacial score (nSPS) is 12.2. The van der Waals surface area contributed by atoms with Gasteiger partial charge in [-0.1, -0.05) is 35.3 Å². The Hall–Kier alpha value is -2.31. The Bertz CT molecular complexity index is 844. The summed E-state index contributed by atoms with van der Waals surface area (Å²) in [5.41, 5.74) is 2.37. The molecule has 1 aromatic heterocycles. The van der Waals surface area contributed by atoms with Crippen LogP contribution in [0.15, 0.2) is 30.3 Å². The molecule has 0 bridgehead atoms. The second-order valence-corrected chi connectivity index (χ2v) is 6.83. The molecule has 0 aliphatic carbocycles. The smallest absolute Gasteiger partial charge is 0.244 e. The van der Waals surface area contributed by atoms with E-state index in [1.54, 1.807) is 17.7 Å². The Labute approximate surface area is 168 Å². The van der Waals surface area contributed by atoms with Crippen molar-refractivity contribution in [2.75, 3.05) is 6.54 Å². The van der Waals surface area contributed by atoms with Crippen molar-refractivity contribution in [2.24, 2.45) is 0 Å². The van der Waals surface area contributed by atoms with Crippen molar-refractivity contribution in [3.63, 3.8) is 0 Å². The zero-order chi connectivity index (χ0) is 20.0. The Morgan fingerprint density at radius 2 is 1.93 bits per heavy atom. The highest BCUT2D eigenvalue weighted by Gasteiger charge is 2.14. The van der Waals surface area contributed by atoms with Gasteiger partial charge in [-0.2, -0.15) is 5.10 Å². The Morgan fingerprint density at radius 3 is 2.56 bits per heavy atom. The van der Waals surface area contributed by atoms with Crippen molar-refractivity contribution in [2.45, 2.75) is 33.4 Å². The van der Waals surface area contributed by atoms with E-state index in [0.29, 0.717) is 34.5 Å². The molecule has 1 aromatic carbocycles. The van der Waals surface area contributed by atoms with Crippen LogP contribution >= 0.6 is 23.2 Å². The van der Waals surface area contributed by atoms with E-state index in [-0.39, 0.29) is 11.8 Å². The molecule has 0 fully saturated rings. The second kappa shape index (κ2) is 9.58. The predicted octanol–water partition coefficient (Wildman–Crippen LogP) is 3.20. The van der Waals surface area contributed by atoms with Crippen LogP contribution in [0, 0.1) is 6.92 Å². The van der Waals surface area contributed by atoms with Crippen molar-refractivity contribution in [3.05, 3.63) is 57.3 Å². The number of hydrogen-bond acceptors (Lipinski definition) is 3. The summed E-state index contributed by atoms with van der Waals surface area (Å²) in [7, 11) is 0. The minimum Gasteiger partial charge on any atom is -0.355 e. The van der Waals surface area contributed by atoms with Gasteiger partial charge in [-0.15, -0.1) is 0 Å². The zero-order valence-electron chi connectivity index (χ0n) is 15.4. The van der Waals surface area contributed by atoms with Gasteiger partial charge in [0.2, 0.25) is 11.8 Å². The molecule has 0 spiro atoms. The lowest BCUT2D eigenvalue weighted by molar-refractivity contribution is -0.126. The first-order valence-electron chi connectivity index (χ1n) is 8.55. The molecule has 0 aliphatic rings. The summed E-state index contributed by atoms with van der Waals surface area (Å²) in [5, 5.41) is 10.8. The first kappa shape index (κ1) is 21.0. The molecule has 27 heavy (non-hydrogen) atoms. The number of aryl methyl sites for hydroxylation is 1. The molecule has 1 atom stereocenters. The van der Waals surface area contributed by atoms with Crippen LogP contribution in [0.1, 0.15) is 30.7 Å². The van der Waals surface area contributed by atoms with Gasteiger partial charge in [0.15, 0.2) is 0 Å². The Kier molecular flexibility index (Phi) is 7.45. The van der Waals surface area contributed by atoms with Crippen LogP contribution in [0.2, 0.25) is 10.2 Å². The quantitative estimate of drug-likeness (QED) is 0.690. The van der Waals surface area contributed by atoms with Gasteiger partial charge in [-0.25, -0.2) is 4.68 Å². The summed E-state index contributed by atoms with van der Waals surface area (Å²) in [6, 6.07) is 6.80. The van der Waals surface area contributed by atoms with Gasteiger partial charge < -0.3 is 10.6 Å². The third kappa shape index (κ3) is 5.84. The van der Waals surface area contributed by atoms with Crippen LogP contribution in [0.4, 0.5) is 0 Å². The van der Waals surface area contributed by atoms with Crippen LogP contribution in [-0.4, -0.2) is 34.2 Å². The number of benzene rings is 1. The van der Waals surface area contributed by atoms with Crippen molar-refractivity contribution in [1.82, 2.24) is 20.4 Å². The summed E-state index contributed by atoms with van der Waals surface area (Å²) in [6.45, 7) is 6.26. The van der Waals surface area contributed by atoms with E-state index in [0.717, 1.165) is 5.56 Å². The summed E-state index contributed by atoms with van der Waals surface area (Å²) in [5.74, 6) is -0.612. The lowest BCUT2D eigenvalue weighted by Crippen LogP contribution is -2.44. The zero-order valence-corrected chi connectivity index (χ0v) is 16.9. The van der Waals surface area contributed by atoms with E-state index in [1.165, 1.54) is 6.08 Å². The van der Waals surface area contributed by atoms with Crippen molar-refractivity contribution in [1.29, 1.82) is 0 Å².